The average Bonchev–Trinajstić information content (AvgIpc) is 2.59. The van der Waals surface area contributed by atoms with Crippen molar-refractivity contribution in [2.45, 2.75) is 0 Å². The summed E-state index contributed by atoms with van der Waals surface area (Å²) in [6, 6.07) is 24.1. The van der Waals surface area contributed by atoms with E-state index in [4.69, 9.17) is 4.74 Å². The summed E-state index contributed by atoms with van der Waals surface area (Å²) in [4.78, 5) is 0. The van der Waals surface area contributed by atoms with Gasteiger partial charge in [-0.05, 0) is 40.1 Å². The SMILES string of the molecule is COc1cccc(C(C#N)=Cc2cccc3ccccc23)c1. The molecule has 0 bridgehead atoms. The van der Waals surface area contributed by atoms with Gasteiger partial charge in [0.15, 0.2) is 0 Å². The number of hydrogen-bond donors (Lipinski definition) is 0. The van der Waals surface area contributed by atoms with Crippen LogP contribution in [0.2, 0.25) is 0 Å². The van der Waals surface area contributed by atoms with Crippen molar-refractivity contribution in [3.05, 3.63) is 77.9 Å². The molecule has 0 aromatic heterocycles. The van der Waals surface area contributed by atoms with Crippen molar-refractivity contribution >= 4 is 22.4 Å². The van der Waals surface area contributed by atoms with Crippen LogP contribution >= 0.6 is 0 Å². The lowest BCUT2D eigenvalue weighted by Crippen LogP contribution is -1.87. The van der Waals surface area contributed by atoms with Crippen molar-refractivity contribution < 1.29 is 4.74 Å². The number of methoxy groups -OCH3 is 1. The Morgan fingerprint density at radius 3 is 2.59 bits per heavy atom. The summed E-state index contributed by atoms with van der Waals surface area (Å²) in [5.74, 6) is 0.747. The van der Waals surface area contributed by atoms with Crippen molar-refractivity contribution in [2.24, 2.45) is 0 Å². The molecule has 22 heavy (non-hydrogen) atoms. The maximum absolute atomic E-state index is 9.52. The van der Waals surface area contributed by atoms with Crippen LogP contribution in [0.5, 0.6) is 5.75 Å². The number of rotatable bonds is 3. The Morgan fingerprint density at radius 2 is 1.77 bits per heavy atom. The predicted octanol–water partition coefficient (Wildman–Crippen LogP) is 4.91. The number of nitrogens with zero attached hydrogens (tertiary/aromatic N) is 1. The first-order valence-corrected chi connectivity index (χ1v) is 7.06. The summed E-state index contributed by atoms with van der Waals surface area (Å²) in [5, 5.41) is 11.8. The maximum Gasteiger partial charge on any atom is 0.119 e. The minimum atomic E-state index is 0.621. The van der Waals surface area contributed by atoms with Gasteiger partial charge in [0.2, 0.25) is 0 Å². The van der Waals surface area contributed by atoms with E-state index in [1.165, 1.54) is 5.39 Å². The van der Waals surface area contributed by atoms with E-state index in [-0.39, 0.29) is 0 Å². The fourth-order valence-electron chi connectivity index (χ4n) is 2.50. The van der Waals surface area contributed by atoms with Crippen LogP contribution in [0.1, 0.15) is 11.1 Å². The van der Waals surface area contributed by atoms with Crippen LogP contribution in [0.3, 0.4) is 0 Å². The molecule has 0 N–H and O–H groups in total. The lowest BCUT2D eigenvalue weighted by Gasteiger charge is -2.05. The molecule has 0 saturated heterocycles. The molecule has 0 saturated carbocycles. The first-order chi connectivity index (χ1) is 10.8. The van der Waals surface area contributed by atoms with Crippen LogP contribution in [-0.4, -0.2) is 7.11 Å². The zero-order valence-corrected chi connectivity index (χ0v) is 12.3. The molecule has 0 amide bonds. The summed E-state index contributed by atoms with van der Waals surface area (Å²) < 4.78 is 5.23. The highest BCUT2D eigenvalue weighted by Gasteiger charge is 2.04. The number of ether oxygens (including phenoxy) is 1. The van der Waals surface area contributed by atoms with E-state index in [0.29, 0.717) is 5.57 Å². The number of nitriles is 1. The van der Waals surface area contributed by atoms with E-state index >= 15 is 0 Å². The first kappa shape index (κ1) is 13.9. The van der Waals surface area contributed by atoms with Gasteiger partial charge in [-0.15, -0.1) is 0 Å². The summed E-state index contributed by atoms with van der Waals surface area (Å²) in [5.41, 5.74) is 2.52. The van der Waals surface area contributed by atoms with Crippen LogP contribution < -0.4 is 4.74 Å². The largest absolute Gasteiger partial charge is 0.497 e. The molecular weight excluding hydrogens is 270 g/mol. The van der Waals surface area contributed by atoms with E-state index in [9.17, 15) is 5.26 Å². The third-order valence-electron chi connectivity index (χ3n) is 3.62. The van der Waals surface area contributed by atoms with Gasteiger partial charge < -0.3 is 4.74 Å². The van der Waals surface area contributed by atoms with E-state index in [0.717, 1.165) is 22.3 Å². The highest BCUT2D eigenvalue weighted by Crippen LogP contribution is 2.25. The molecule has 0 spiro atoms. The molecule has 2 nitrogen and oxygen atoms in total. The van der Waals surface area contributed by atoms with Gasteiger partial charge in [-0.25, -0.2) is 0 Å². The van der Waals surface area contributed by atoms with Gasteiger partial charge in [-0.1, -0.05) is 54.6 Å². The molecule has 3 rings (SSSR count). The van der Waals surface area contributed by atoms with Crippen molar-refractivity contribution in [3.8, 4) is 11.8 Å². The van der Waals surface area contributed by atoms with Crippen LogP contribution in [0.15, 0.2) is 66.7 Å². The highest BCUT2D eigenvalue weighted by molar-refractivity contribution is 5.98. The molecule has 0 atom stereocenters. The van der Waals surface area contributed by atoms with Gasteiger partial charge in [-0.3, -0.25) is 0 Å². The van der Waals surface area contributed by atoms with Crippen LogP contribution in [0, 0.1) is 11.3 Å². The molecule has 0 fully saturated rings. The van der Waals surface area contributed by atoms with E-state index < -0.39 is 0 Å². The fourth-order valence-corrected chi connectivity index (χ4v) is 2.50. The van der Waals surface area contributed by atoms with Gasteiger partial charge in [0.1, 0.15) is 5.75 Å². The smallest absolute Gasteiger partial charge is 0.119 e. The van der Waals surface area contributed by atoms with Gasteiger partial charge in [0.05, 0.1) is 18.8 Å². The normalized spacial score (nSPS) is 11.2. The quantitative estimate of drug-likeness (QED) is 0.506. The molecular formula is C20H15NO. The second-order valence-electron chi connectivity index (χ2n) is 4.97. The number of hydrogen-bond acceptors (Lipinski definition) is 2. The second kappa shape index (κ2) is 6.15. The molecule has 0 radical (unpaired) electrons. The Labute approximate surface area is 129 Å². The van der Waals surface area contributed by atoms with Crippen molar-refractivity contribution in [1.29, 1.82) is 5.26 Å². The topological polar surface area (TPSA) is 33.0 Å². The highest BCUT2D eigenvalue weighted by atomic mass is 16.5. The van der Waals surface area contributed by atoms with Crippen LogP contribution in [0.25, 0.3) is 22.4 Å². The third kappa shape index (κ3) is 2.70. The van der Waals surface area contributed by atoms with Gasteiger partial charge in [0.25, 0.3) is 0 Å². The molecule has 106 valence electrons. The Bertz CT molecular complexity index is 882. The Balaban J connectivity index is 2.13. The molecule has 0 unspecified atom stereocenters. The van der Waals surface area contributed by atoms with Gasteiger partial charge >= 0.3 is 0 Å². The van der Waals surface area contributed by atoms with Crippen LogP contribution in [0.4, 0.5) is 0 Å². The lowest BCUT2D eigenvalue weighted by molar-refractivity contribution is 0.414. The van der Waals surface area contributed by atoms with E-state index in [2.05, 4.69) is 24.3 Å². The molecule has 3 aromatic rings. The molecule has 0 aliphatic heterocycles. The zero-order valence-electron chi connectivity index (χ0n) is 12.3. The Kier molecular flexibility index (Phi) is 3.89. The summed E-state index contributed by atoms with van der Waals surface area (Å²) in [7, 11) is 1.62. The van der Waals surface area contributed by atoms with E-state index in [1.807, 2.05) is 54.6 Å². The van der Waals surface area contributed by atoms with Gasteiger partial charge in [-0.2, -0.15) is 5.26 Å². The summed E-state index contributed by atoms with van der Waals surface area (Å²) in [6.07, 6.45) is 1.93. The average molecular weight is 285 g/mol. The molecule has 0 heterocycles. The summed E-state index contributed by atoms with van der Waals surface area (Å²) in [6.45, 7) is 0. The Hall–Kier alpha value is -3.05. The second-order valence-corrected chi connectivity index (χ2v) is 4.97. The third-order valence-corrected chi connectivity index (χ3v) is 3.62. The van der Waals surface area contributed by atoms with Crippen molar-refractivity contribution in [1.82, 2.24) is 0 Å². The van der Waals surface area contributed by atoms with Gasteiger partial charge in [0, 0.05) is 0 Å². The minimum absolute atomic E-state index is 0.621. The number of allylic oxidation sites excluding steroid dienone is 1. The summed E-state index contributed by atoms with van der Waals surface area (Å²) >= 11 is 0. The standard InChI is InChI=1S/C20H15NO/c1-22-19-10-5-8-16(13-19)18(14-21)12-17-9-4-7-15-6-2-3-11-20(15)17/h2-13H,1H3. The zero-order chi connectivity index (χ0) is 15.4. The number of benzene rings is 3. The monoisotopic (exact) mass is 285 g/mol. The molecule has 2 heteroatoms. The molecule has 0 aliphatic carbocycles. The van der Waals surface area contributed by atoms with Crippen LogP contribution in [-0.2, 0) is 0 Å². The minimum Gasteiger partial charge on any atom is -0.497 e. The molecule has 3 aromatic carbocycles. The number of fused-ring (bicyclic) bond motifs is 1. The Morgan fingerprint density at radius 1 is 1.00 bits per heavy atom. The lowest BCUT2D eigenvalue weighted by atomic mass is 9.99. The van der Waals surface area contributed by atoms with Crippen molar-refractivity contribution in [2.75, 3.05) is 7.11 Å². The first-order valence-electron chi connectivity index (χ1n) is 7.06. The predicted molar refractivity (Wildman–Crippen MR) is 90.4 cm³/mol. The maximum atomic E-state index is 9.52. The van der Waals surface area contributed by atoms with E-state index in [1.54, 1.807) is 7.11 Å². The molecule has 0 aliphatic rings. The van der Waals surface area contributed by atoms with Crippen molar-refractivity contribution in [3.63, 3.8) is 0 Å². The fraction of sp³-hybridized carbons (Fsp3) is 0.0500.